The first-order valence-electron chi connectivity index (χ1n) is 8.40. The van der Waals surface area contributed by atoms with Crippen LogP contribution in [0.2, 0.25) is 0 Å². The summed E-state index contributed by atoms with van der Waals surface area (Å²) in [4.78, 5) is 17.0. The second-order valence-corrected chi connectivity index (χ2v) is 6.44. The monoisotopic (exact) mass is 302 g/mol. The average Bonchev–Trinajstić information content (AvgIpc) is 3.09. The van der Waals surface area contributed by atoms with Gasteiger partial charge in [0.25, 0.3) is 5.91 Å². The summed E-state index contributed by atoms with van der Waals surface area (Å²) in [6.07, 6.45) is 4.80. The Balaban J connectivity index is 1.65. The maximum atomic E-state index is 12.7. The molecule has 0 radical (unpaired) electrons. The minimum absolute atomic E-state index is 0.163. The number of carbonyl (C=O) groups excluding carboxylic acids is 1. The van der Waals surface area contributed by atoms with E-state index in [1.165, 1.54) is 18.4 Å². The molecule has 4 heteroatoms. The van der Waals surface area contributed by atoms with Gasteiger partial charge in [0, 0.05) is 38.3 Å². The molecule has 0 unspecified atom stereocenters. The molecule has 2 aliphatic rings. The topological polar surface area (TPSA) is 32.8 Å². The number of ether oxygens (including phenoxy) is 1. The normalized spacial score (nSPS) is 20.2. The lowest BCUT2D eigenvalue weighted by Gasteiger charge is -2.27. The lowest BCUT2D eigenvalue weighted by molar-refractivity contribution is 0.0341. The van der Waals surface area contributed by atoms with Crippen LogP contribution in [0, 0.1) is 0 Å². The van der Waals surface area contributed by atoms with Crippen molar-refractivity contribution in [3.8, 4) is 0 Å². The standard InChI is InChI=1S/C18H26N2O2/c1-19(17-7-2-3-8-17)18(21)16-6-4-5-15(13-16)14-20-9-11-22-12-10-20/h4-6,13,17H,2-3,7-12,14H2,1H3. The predicted molar refractivity (Wildman–Crippen MR) is 86.9 cm³/mol. The minimum Gasteiger partial charge on any atom is -0.379 e. The highest BCUT2D eigenvalue weighted by Gasteiger charge is 2.24. The zero-order chi connectivity index (χ0) is 15.4. The number of benzene rings is 1. The van der Waals surface area contributed by atoms with Gasteiger partial charge in [0.1, 0.15) is 0 Å². The Morgan fingerprint density at radius 2 is 2.00 bits per heavy atom. The van der Waals surface area contributed by atoms with Crippen molar-refractivity contribution in [3.63, 3.8) is 0 Å². The van der Waals surface area contributed by atoms with Crippen LogP contribution in [0.4, 0.5) is 0 Å². The Morgan fingerprint density at radius 1 is 1.27 bits per heavy atom. The molecule has 1 saturated heterocycles. The number of hydrogen-bond acceptors (Lipinski definition) is 3. The number of nitrogens with zero attached hydrogens (tertiary/aromatic N) is 2. The summed E-state index contributed by atoms with van der Waals surface area (Å²) in [6, 6.07) is 8.54. The number of rotatable bonds is 4. The molecule has 3 rings (SSSR count). The summed E-state index contributed by atoms with van der Waals surface area (Å²) >= 11 is 0. The van der Waals surface area contributed by atoms with Crippen LogP contribution in [-0.4, -0.2) is 55.1 Å². The molecule has 0 bridgehead atoms. The fourth-order valence-corrected chi connectivity index (χ4v) is 3.48. The maximum absolute atomic E-state index is 12.7. The first kappa shape index (κ1) is 15.5. The Morgan fingerprint density at radius 3 is 2.73 bits per heavy atom. The SMILES string of the molecule is CN(C(=O)c1cccc(CN2CCOCC2)c1)C1CCCC1. The maximum Gasteiger partial charge on any atom is 0.253 e. The van der Waals surface area contributed by atoms with Gasteiger partial charge in [0.15, 0.2) is 0 Å². The summed E-state index contributed by atoms with van der Waals surface area (Å²) in [5, 5.41) is 0. The second kappa shape index (κ2) is 7.25. The number of hydrogen-bond donors (Lipinski definition) is 0. The Labute approximate surface area is 133 Å². The molecule has 1 aromatic carbocycles. The van der Waals surface area contributed by atoms with Gasteiger partial charge >= 0.3 is 0 Å². The number of morpholine rings is 1. The summed E-state index contributed by atoms with van der Waals surface area (Å²) in [5.74, 6) is 0.163. The fourth-order valence-electron chi connectivity index (χ4n) is 3.48. The van der Waals surface area contributed by atoms with Gasteiger partial charge in [-0.05, 0) is 30.5 Å². The van der Waals surface area contributed by atoms with Crippen molar-refractivity contribution in [2.24, 2.45) is 0 Å². The van der Waals surface area contributed by atoms with E-state index in [2.05, 4.69) is 17.0 Å². The zero-order valence-corrected chi connectivity index (χ0v) is 13.5. The molecule has 0 N–H and O–H groups in total. The molecule has 1 aromatic rings. The first-order chi connectivity index (χ1) is 10.7. The van der Waals surface area contributed by atoms with E-state index in [1.54, 1.807) is 0 Å². The minimum atomic E-state index is 0.163. The Hall–Kier alpha value is -1.39. The van der Waals surface area contributed by atoms with Gasteiger partial charge < -0.3 is 9.64 Å². The van der Waals surface area contributed by atoms with E-state index in [0.29, 0.717) is 6.04 Å². The van der Waals surface area contributed by atoms with Crippen molar-refractivity contribution in [3.05, 3.63) is 35.4 Å². The van der Waals surface area contributed by atoms with Gasteiger partial charge in [0.2, 0.25) is 0 Å². The zero-order valence-electron chi connectivity index (χ0n) is 13.5. The third kappa shape index (κ3) is 3.68. The van der Waals surface area contributed by atoms with Crippen molar-refractivity contribution in [2.75, 3.05) is 33.4 Å². The van der Waals surface area contributed by atoms with Gasteiger partial charge in [0.05, 0.1) is 13.2 Å². The van der Waals surface area contributed by atoms with Crippen molar-refractivity contribution in [2.45, 2.75) is 38.3 Å². The van der Waals surface area contributed by atoms with E-state index in [9.17, 15) is 4.79 Å². The molecule has 2 fully saturated rings. The van der Waals surface area contributed by atoms with Gasteiger partial charge in [-0.1, -0.05) is 25.0 Å². The molecule has 0 spiro atoms. The lowest BCUT2D eigenvalue weighted by Crippen LogP contribution is -2.36. The van der Waals surface area contributed by atoms with Crippen molar-refractivity contribution < 1.29 is 9.53 Å². The molecule has 4 nitrogen and oxygen atoms in total. The summed E-state index contributed by atoms with van der Waals surface area (Å²) in [6.45, 7) is 4.46. The highest BCUT2D eigenvalue weighted by molar-refractivity contribution is 5.94. The van der Waals surface area contributed by atoms with Crippen LogP contribution in [0.25, 0.3) is 0 Å². The van der Waals surface area contributed by atoms with Crippen molar-refractivity contribution >= 4 is 5.91 Å². The fraction of sp³-hybridized carbons (Fsp3) is 0.611. The summed E-state index contributed by atoms with van der Waals surface area (Å²) < 4.78 is 5.39. The smallest absolute Gasteiger partial charge is 0.253 e. The lowest BCUT2D eigenvalue weighted by atomic mass is 10.1. The molecule has 1 heterocycles. The molecule has 1 amide bonds. The third-order valence-electron chi connectivity index (χ3n) is 4.88. The third-order valence-corrected chi connectivity index (χ3v) is 4.88. The van der Waals surface area contributed by atoms with Crippen LogP contribution >= 0.6 is 0 Å². The molecule has 1 saturated carbocycles. The van der Waals surface area contributed by atoms with Crippen LogP contribution in [0.5, 0.6) is 0 Å². The van der Waals surface area contributed by atoms with Crippen LogP contribution < -0.4 is 0 Å². The van der Waals surface area contributed by atoms with Gasteiger partial charge in [-0.25, -0.2) is 0 Å². The van der Waals surface area contributed by atoms with E-state index in [4.69, 9.17) is 4.74 Å². The van der Waals surface area contributed by atoms with Gasteiger partial charge in [-0.2, -0.15) is 0 Å². The van der Waals surface area contributed by atoms with Crippen molar-refractivity contribution in [1.29, 1.82) is 0 Å². The van der Waals surface area contributed by atoms with Crippen LogP contribution in [0.15, 0.2) is 24.3 Å². The molecule has 0 aromatic heterocycles. The van der Waals surface area contributed by atoms with Crippen LogP contribution in [-0.2, 0) is 11.3 Å². The van der Waals surface area contributed by atoms with Gasteiger partial charge in [-0.3, -0.25) is 9.69 Å². The van der Waals surface area contributed by atoms with E-state index >= 15 is 0 Å². The quantitative estimate of drug-likeness (QED) is 0.857. The first-order valence-corrected chi connectivity index (χ1v) is 8.40. The average molecular weight is 302 g/mol. The molecule has 0 atom stereocenters. The molecular weight excluding hydrogens is 276 g/mol. The van der Waals surface area contributed by atoms with Gasteiger partial charge in [-0.15, -0.1) is 0 Å². The molecule has 120 valence electrons. The molecule has 1 aliphatic carbocycles. The Bertz CT molecular complexity index is 506. The second-order valence-electron chi connectivity index (χ2n) is 6.44. The van der Waals surface area contributed by atoms with E-state index < -0.39 is 0 Å². The van der Waals surface area contributed by atoms with Crippen LogP contribution in [0.3, 0.4) is 0 Å². The van der Waals surface area contributed by atoms with E-state index in [1.807, 2.05) is 24.1 Å². The highest BCUT2D eigenvalue weighted by Crippen LogP contribution is 2.24. The highest BCUT2D eigenvalue weighted by atomic mass is 16.5. The largest absolute Gasteiger partial charge is 0.379 e. The van der Waals surface area contributed by atoms with Crippen molar-refractivity contribution in [1.82, 2.24) is 9.80 Å². The van der Waals surface area contributed by atoms with Crippen LogP contribution in [0.1, 0.15) is 41.6 Å². The predicted octanol–water partition coefficient (Wildman–Crippen LogP) is 2.53. The summed E-state index contributed by atoms with van der Waals surface area (Å²) in [7, 11) is 1.95. The number of carbonyl (C=O) groups is 1. The molecule has 22 heavy (non-hydrogen) atoms. The molecular formula is C18H26N2O2. The summed E-state index contributed by atoms with van der Waals surface area (Å²) in [5.41, 5.74) is 2.03. The van der Waals surface area contributed by atoms with E-state index in [0.717, 1.165) is 51.3 Å². The molecule has 1 aliphatic heterocycles. The number of amides is 1. The Kier molecular flexibility index (Phi) is 5.11. The van der Waals surface area contributed by atoms with E-state index in [-0.39, 0.29) is 5.91 Å².